The van der Waals surface area contributed by atoms with E-state index >= 15 is 0 Å². The van der Waals surface area contributed by atoms with Gasteiger partial charge < -0.3 is 4.74 Å². The van der Waals surface area contributed by atoms with E-state index in [-0.39, 0.29) is 0 Å². The number of nitrogens with one attached hydrogen (secondary N) is 1. The first kappa shape index (κ1) is 20.8. The molecule has 0 aromatic heterocycles. The Hall–Kier alpha value is -2.48. The van der Waals surface area contributed by atoms with E-state index in [0.717, 1.165) is 12.1 Å². The maximum Gasteiger partial charge on any atom is 0.460 e. The quantitative estimate of drug-likeness (QED) is 0.622. The van der Waals surface area contributed by atoms with Crippen molar-refractivity contribution in [1.29, 1.82) is 0 Å². The Morgan fingerprint density at radius 1 is 1.04 bits per heavy atom. The van der Waals surface area contributed by atoms with Crippen LogP contribution in [0.25, 0.3) is 0 Å². The molecule has 1 fully saturated rings. The molecule has 1 saturated heterocycles. The number of hydrogen-bond acceptors (Lipinski definition) is 6. The van der Waals surface area contributed by atoms with Crippen LogP contribution in [0.2, 0.25) is 0 Å². The normalized spacial score (nSPS) is 14.9. The van der Waals surface area contributed by atoms with Crippen molar-refractivity contribution in [2.24, 2.45) is 0 Å². The van der Waals surface area contributed by atoms with E-state index in [1.807, 2.05) is 6.07 Å². The molecule has 0 saturated carbocycles. The van der Waals surface area contributed by atoms with Crippen LogP contribution in [0.5, 0.6) is 0 Å². The zero-order valence-corrected chi connectivity index (χ0v) is 16.9. The SMILES string of the molecule is CC(C)(C)OOC(=O)N1CCCN1c1cccc(NC(=O)OC(C)(C)C)c1. The number of carbonyl (C=O) groups excluding carboxylic acids is 2. The topological polar surface area (TPSA) is 80.3 Å². The monoisotopic (exact) mass is 379 g/mol. The number of amides is 2. The molecule has 1 aliphatic heterocycles. The molecule has 0 radical (unpaired) electrons. The van der Waals surface area contributed by atoms with Crippen molar-refractivity contribution in [2.75, 3.05) is 23.4 Å². The minimum absolute atomic E-state index is 0.524. The Morgan fingerprint density at radius 3 is 2.37 bits per heavy atom. The lowest BCUT2D eigenvalue weighted by molar-refractivity contribution is -0.305. The van der Waals surface area contributed by atoms with Crippen LogP contribution in [0, 0.1) is 0 Å². The van der Waals surface area contributed by atoms with E-state index in [1.165, 1.54) is 5.01 Å². The van der Waals surface area contributed by atoms with Gasteiger partial charge in [-0.3, -0.25) is 15.2 Å². The molecule has 0 spiro atoms. The van der Waals surface area contributed by atoms with Crippen molar-refractivity contribution in [3.8, 4) is 0 Å². The van der Waals surface area contributed by atoms with Gasteiger partial charge in [0, 0.05) is 18.8 Å². The summed E-state index contributed by atoms with van der Waals surface area (Å²) >= 11 is 0. The molecule has 1 aromatic carbocycles. The number of nitrogens with zero attached hydrogens (tertiary/aromatic N) is 2. The van der Waals surface area contributed by atoms with Crippen molar-refractivity contribution in [2.45, 2.75) is 59.2 Å². The van der Waals surface area contributed by atoms with Crippen LogP contribution in [-0.4, -0.2) is 41.5 Å². The van der Waals surface area contributed by atoms with Crippen molar-refractivity contribution in [3.63, 3.8) is 0 Å². The molecule has 0 unspecified atom stereocenters. The van der Waals surface area contributed by atoms with Gasteiger partial charge in [0.2, 0.25) is 0 Å². The predicted molar refractivity (Wildman–Crippen MR) is 102 cm³/mol. The molecule has 0 bridgehead atoms. The highest BCUT2D eigenvalue weighted by molar-refractivity contribution is 5.85. The number of ether oxygens (including phenoxy) is 1. The number of carbonyl (C=O) groups is 2. The molecule has 27 heavy (non-hydrogen) atoms. The average Bonchev–Trinajstić information content (AvgIpc) is 3.00. The average molecular weight is 379 g/mol. The molecule has 2 amide bonds. The van der Waals surface area contributed by atoms with Crippen LogP contribution in [0.15, 0.2) is 24.3 Å². The Balaban J connectivity index is 2.06. The van der Waals surface area contributed by atoms with E-state index in [4.69, 9.17) is 14.5 Å². The number of anilines is 2. The number of hydrazine groups is 1. The summed E-state index contributed by atoms with van der Waals surface area (Å²) in [5, 5.41) is 5.99. The molecule has 2 rings (SSSR count). The fourth-order valence-corrected chi connectivity index (χ4v) is 2.44. The van der Waals surface area contributed by atoms with Crippen LogP contribution in [-0.2, 0) is 14.5 Å². The summed E-state index contributed by atoms with van der Waals surface area (Å²) in [4.78, 5) is 34.4. The summed E-state index contributed by atoms with van der Waals surface area (Å²) < 4.78 is 5.27. The summed E-state index contributed by atoms with van der Waals surface area (Å²) in [6.45, 7) is 12.0. The van der Waals surface area contributed by atoms with Gasteiger partial charge in [0.05, 0.1) is 5.69 Å². The van der Waals surface area contributed by atoms with Crippen molar-refractivity contribution >= 4 is 23.6 Å². The lowest BCUT2D eigenvalue weighted by atomic mass is 10.2. The Bertz CT molecular complexity index is 679. The highest BCUT2D eigenvalue weighted by Crippen LogP contribution is 2.26. The second-order valence-corrected chi connectivity index (χ2v) is 8.32. The van der Waals surface area contributed by atoms with Gasteiger partial charge in [-0.05, 0) is 66.2 Å². The molecule has 8 nitrogen and oxygen atoms in total. The third-order valence-electron chi connectivity index (χ3n) is 3.39. The second-order valence-electron chi connectivity index (χ2n) is 8.32. The Kier molecular flexibility index (Phi) is 6.20. The zero-order chi connectivity index (χ0) is 20.2. The highest BCUT2D eigenvalue weighted by Gasteiger charge is 2.30. The summed E-state index contributed by atoms with van der Waals surface area (Å²) in [5.41, 5.74) is 0.170. The molecule has 1 N–H and O–H groups in total. The van der Waals surface area contributed by atoms with E-state index in [0.29, 0.717) is 18.8 Å². The molecule has 1 heterocycles. The van der Waals surface area contributed by atoms with Crippen molar-refractivity contribution in [3.05, 3.63) is 24.3 Å². The van der Waals surface area contributed by atoms with Gasteiger partial charge >= 0.3 is 12.2 Å². The molecule has 150 valence electrons. The van der Waals surface area contributed by atoms with E-state index in [9.17, 15) is 9.59 Å². The molecular formula is C19H29N3O5. The van der Waals surface area contributed by atoms with E-state index in [2.05, 4.69) is 5.32 Å². The first-order chi connectivity index (χ1) is 12.4. The Morgan fingerprint density at radius 2 is 1.74 bits per heavy atom. The van der Waals surface area contributed by atoms with Gasteiger partial charge in [0.15, 0.2) is 0 Å². The maximum absolute atomic E-state index is 12.3. The highest BCUT2D eigenvalue weighted by atomic mass is 17.2. The summed E-state index contributed by atoms with van der Waals surface area (Å²) in [6.07, 6.45) is -0.308. The van der Waals surface area contributed by atoms with Gasteiger partial charge in [0.25, 0.3) is 0 Å². The predicted octanol–water partition coefficient (Wildman–Crippen LogP) is 4.33. The molecule has 1 aliphatic rings. The van der Waals surface area contributed by atoms with E-state index < -0.39 is 23.4 Å². The molecular weight excluding hydrogens is 350 g/mol. The number of benzene rings is 1. The number of rotatable bonds is 3. The van der Waals surface area contributed by atoms with Crippen LogP contribution < -0.4 is 10.3 Å². The smallest absolute Gasteiger partial charge is 0.444 e. The van der Waals surface area contributed by atoms with Gasteiger partial charge in [-0.15, -0.1) is 0 Å². The third-order valence-corrected chi connectivity index (χ3v) is 3.39. The first-order valence-electron chi connectivity index (χ1n) is 8.99. The summed E-state index contributed by atoms with van der Waals surface area (Å²) in [7, 11) is 0. The maximum atomic E-state index is 12.3. The summed E-state index contributed by atoms with van der Waals surface area (Å²) in [6, 6.07) is 7.20. The molecule has 1 aromatic rings. The van der Waals surface area contributed by atoms with Crippen LogP contribution in [0.1, 0.15) is 48.0 Å². The van der Waals surface area contributed by atoms with Crippen LogP contribution in [0.3, 0.4) is 0 Å². The van der Waals surface area contributed by atoms with Crippen molar-refractivity contribution in [1.82, 2.24) is 5.01 Å². The Labute approximate surface area is 160 Å². The van der Waals surface area contributed by atoms with Crippen LogP contribution >= 0.6 is 0 Å². The minimum atomic E-state index is -0.586. The molecule has 0 atom stereocenters. The minimum Gasteiger partial charge on any atom is -0.444 e. The lowest BCUT2D eigenvalue weighted by Crippen LogP contribution is -2.42. The largest absolute Gasteiger partial charge is 0.460 e. The molecule has 8 heteroatoms. The third kappa shape index (κ3) is 6.63. The van der Waals surface area contributed by atoms with Crippen LogP contribution in [0.4, 0.5) is 21.0 Å². The van der Waals surface area contributed by atoms with E-state index in [1.54, 1.807) is 64.8 Å². The van der Waals surface area contributed by atoms with Crippen molar-refractivity contribution < 1.29 is 24.1 Å². The second kappa shape index (κ2) is 8.04. The molecule has 0 aliphatic carbocycles. The van der Waals surface area contributed by atoms with Gasteiger partial charge in [0.1, 0.15) is 11.2 Å². The van der Waals surface area contributed by atoms with Gasteiger partial charge in [-0.25, -0.2) is 14.6 Å². The van der Waals surface area contributed by atoms with Gasteiger partial charge in [-0.1, -0.05) is 6.07 Å². The zero-order valence-electron chi connectivity index (χ0n) is 16.9. The first-order valence-corrected chi connectivity index (χ1v) is 8.99. The lowest BCUT2D eigenvalue weighted by Gasteiger charge is -2.29. The standard InChI is InChI=1S/C19H29N3O5/c1-18(2,3)25-16(23)20-14-9-7-10-15(13-14)21-11-8-12-22(21)17(24)26-27-19(4,5)6/h7,9-10,13H,8,11-12H2,1-6H3,(H,20,23). The fraction of sp³-hybridized carbons (Fsp3) is 0.579. The summed E-state index contributed by atoms with van der Waals surface area (Å²) in [5.74, 6) is 0. The fourth-order valence-electron chi connectivity index (χ4n) is 2.44. The number of hydrogen-bond donors (Lipinski definition) is 1. The van der Waals surface area contributed by atoms with Gasteiger partial charge in [-0.2, -0.15) is 4.89 Å².